The van der Waals surface area contributed by atoms with Crippen LogP contribution in [0.4, 0.5) is 0 Å². The Morgan fingerprint density at radius 3 is 2.20 bits per heavy atom. The van der Waals surface area contributed by atoms with Gasteiger partial charge in [0.15, 0.2) is 11.5 Å². The minimum Gasteiger partial charge on any atom is -0.504 e. The number of hydrogen-bond donors (Lipinski definition) is 3. The highest BCUT2D eigenvalue weighted by atomic mass is 16.3. The third-order valence-corrected chi connectivity index (χ3v) is 3.16. The number of allylic oxidation sites excluding steroid dienone is 1. The van der Waals surface area contributed by atoms with Crippen LogP contribution in [0.3, 0.4) is 0 Å². The summed E-state index contributed by atoms with van der Waals surface area (Å²) in [6.45, 7) is 7.56. The van der Waals surface area contributed by atoms with Gasteiger partial charge in [0.2, 0.25) is 0 Å². The number of aromatic hydroxyl groups is 2. The lowest BCUT2D eigenvalue weighted by Gasteiger charge is -2.07. The molecule has 0 atom stereocenters. The number of nitrogens with one attached hydrogen (secondary N) is 1. The smallest absolute Gasteiger partial charge is 0.256 e. The maximum atomic E-state index is 12.1. The van der Waals surface area contributed by atoms with Gasteiger partial charge in [-0.1, -0.05) is 50.3 Å². The molecule has 25 heavy (non-hydrogen) atoms. The second kappa shape index (κ2) is 9.93. The molecule has 0 aromatic heterocycles. The molecule has 0 bridgehead atoms. The molecule has 0 radical (unpaired) electrons. The van der Waals surface area contributed by atoms with Crippen molar-refractivity contribution in [1.82, 2.24) is 5.32 Å². The van der Waals surface area contributed by atoms with Gasteiger partial charge in [-0.15, -0.1) is 0 Å². The standard InChI is InChI=1S/C18H18N2O3.C2H6/c1-3-15(13-7-5-4-6-8-13)19-12(2)20-18(23)14-9-10-16(21)17(22)11-14;1-2/h3-11,21-22H,1-2H3,(H,19,20,23);1-2H3/b15-3-;. The first kappa shape index (κ1) is 20.0. The van der Waals surface area contributed by atoms with Crippen LogP contribution in [0.1, 0.15) is 43.6 Å². The Hall–Kier alpha value is -3.08. The quantitative estimate of drug-likeness (QED) is 0.442. The van der Waals surface area contributed by atoms with E-state index in [0.717, 1.165) is 11.3 Å². The molecule has 2 aromatic carbocycles. The molecule has 0 saturated heterocycles. The molecule has 5 nitrogen and oxygen atoms in total. The molecule has 2 rings (SSSR count). The van der Waals surface area contributed by atoms with Crippen LogP contribution in [-0.2, 0) is 0 Å². The summed E-state index contributed by atoms with van der Waals surface area (Å²) < 4.78 is 0. The van der Waals surface area contributed by atoms with E-state index in [-0.39, 0.29) is 17.1 Å². The largest absolute Gasteiger partial charge is 0.504 e. The van der Waals surface area contributed by atoms with Crippen molar-refractivity contribution in [2.75, 3.05) is 0 Å². The van der Waals surface area contributed by atoms with E-state index in [9.17, 15) is 15.0 Å². The monoisotopic (exact) mass is 340 g/mol. The van der Waals surface area contributed by atoms with E-state index in [4.69, 9.17) is 0 Å². The topological polar surface area (TPSA) is 81.9 Å². The Labute approximate surface area is 148 Å². The normalized spacial score (nSPS) is 11.4. The van der Waals surface area contributed by atoms with Crippen molar-refractivity contribution < 1.29 is 15.0 Å². The van der Waals surface area contributed by atoms with Gasteiger partial charge in [0, 0.05) is 5.56 Å². The number of carbonyl (C=O) groups excluding carboxylic acids is 1. The Morgan fingerprint density at radius 2 is 1.64 bits per heavy atom. The molecule has 2 aromatic rings. The van der Waals surface area contributed by atoms with Crippen LogP contribution in [-0.4, -0.2) is 22.0 Å². The summed E-state index contributed by atoms with van der Waals surface area (Å²) in [5.74, 6) is -0.595. The van der Waals surface area contributed by atoms with Gasteiger partial charge in [0.25, 0.3) is 5.91 Å². The summed E-state index contributed by atoms with van der Waals surface area (Å²) in [4.78, 5) is 16.5. The van der Waals surface area contributed by atoms with Gasteiger partial charge >= 0.3 is 0 Å². The van der Waals surface area contributed by atoms with Crippen molar-refractivity contribution in [3.63, 3.8) is 0 Å². The number of amidine groups is 1. The van der Waals surface area contributed by atoms with Crippen molar-refractivity contribution in [1.29, 1.82) is 0 Å². The van der Waals surface area contributed by atoms with E-state index in [1.54, 1.807) is 6.92 Å². The molecular weight excluding hydrogens is 316 g/mol. The van der Waals surface area contributed by atoms with Crippen molar-refractivity contribution in [2.45, 2.75) is 27.7 Å². The van der Waals surface area contributed by atoms with Crippen LogP contribution in [0.5, 0.6) is 11.5 Å². The lowest BCUT2D eigenvalue weighted by Crippen LogP contribution is -2.28. The van der Waals surface area contributed by atoms with Gasteiger partial charge in [0.1, 0.15) is 5.84 Å². The molecule has 0 aliphatic carbocycles. The first-order valence-corrected chi connectivity index (χ1v) is 8.11. The van der Waals surface area contributed by atoms with Gasteiger partial charge in [-0.25, -0.2) is 4.99 Å². The number of carbonyl (C=O) groups is 1. The SMILES string of the molecule is C/C=C(\N=C(C)NC(=O)c1ccc(O)c(O)c1)c1ccccc1.CC. The number of phenolic OH excluding ortho intramolecular Hbond substituents is 2. The number of rotatable bonds is 3. The maximum Gasteiger partial charge on any atom is 0.256 e. The fraction of sp³-hybridized carbons (Fsp3) is 0.200. The highest BCUT2D eigenvalue weighted by Crippen LogP contribution is 2.24. The first-order valence-electron chi connectivity index (χ1n) is 8.11. The molecule has 1 amide bonds. The van der Waals surface area contributed by atoms with Crippen LogP contribution in [0.15, 0.2) is 59.6 Å². The van der Waals surface area contributed by atoms with Gasteiger partial charge in [-0.05, 0) is 37.6 Å². The van der Waals surface area contributed by atoms with E-state index in [1.165, 1.54) is 18.2 Å². The number of amides is 1. The first-order chi connectivity index (χ1) is 12.0. The van der Waals surface area contributed by atoms with Gasteiger partial charge in [-0.2, -0.15) is 0 Å². The van der Waals surface area contributed by atoms with Crippen LogP contribution in [0, 0.1) is 0 Å². The number of nitrogens with zero attached hydrogens (tertiary/aromatic N) is 1. The molecular formula is C20H24N2O3. The third kappa shape index (κ3) is 5.80. The van der Waals surface area contributed by atoms with Crippen molar-refractivity contribution in [2.24, 2.45) is 4.99 Å². The Bertz CT molecular complexity index is 766. The molecule has 0 saturated carbocycles. The van der Waals surface area contributed by atoms with E-state index in [2.05, 4.69) is 10.3 Å². The van der Waals surface area contributed by atoms with Crippen LogP contribution >= 0.6 is 0 Å². The van der Waals surface area contributed by atoms with E-state index >= 15 is 0 Å². The summed E-state index contributed by atoms with van der Waals surface area (Å²) in [7, 11) is 0. The molecule has 0 aliphatic heterocycles. The van der Waals surface area contributed by atoms with Gasteiger partial charge < -0.3 is 15.5 Å². The zero-order valence-corrected chi connectivity index (χ0v) is 14.9. The van der Waals surface area contributed by atoms with E-state index < -0.39 is 5.91 Å². The predicted molar refractivity (Wildman–Crippen MR) is 102 cm³/mol. The summed E-state index contributed by atoms with van der Waals surface area (Å²) in [6.07, 6.45) is 1.86. The minimum atomic E-state index is -0.412. The third-order valence-electron chi connectivity index (χ3n) is 3.16. The molecule has 3 N–H and O–H groups in total. The molecule has 0 fully saturated rings. The molecule has 0 heterocycles. The lowest BCUT2D eigenvalue weighted by molar-refractivity contribution is 0.0976. The number of phenols is 2. The molecule has 5 heteroatoms. The summed E-state index contributed by atoms with van der Waals surface area (Å²) in [5.41, 5.74) is 1.93. The Morgan fingerprint density at radius 1 is 1.00 bits per heavy atom. The van der Waals surface area contributed by atoms with E-state index in [1.807, 2.05) is 57.2 Å². The number of aliphatic imine (C=N–C) groups is 1. The summed E-state index contributed by atoms with van der Waals surface area (Å²) in [6, 6.07) is 13.5. The van der Waals surface area contributed by atoms with Crippen LogP contribution in [0.25, 0.3) is 5.70 Å². The number of benzene rings is 2. The summed E-state index contributed by atoms with van der Waals surface area (Å²) in [5, 5.41) is 21.4. The predicted octanol–water partition coefficient (Wildman–Crippen LogP) is 4.33. The zero-order valence-electron chi connectivity index (χ0n) is 14.9. The Kier molecular flexibility index (Phi) is 7.93. The average Bonchev–Trinajstić information content (AvgIpc) is 2.64. The van der Waals surface area contributed by atoms with Crippen LogP contribution < -0.4 is 5.32 Å². The molecule has 0 unspecified atom stereocenters. The van der Waals surface area contributed by atoms with Crippen molar-refractivity contribution in [3.05, 3.63) is 65.7 Å². The van der Waals surface area contributed by atoms with Crippen molar-refractivity contribution in [3.8, 4) is 11.5 Å². The highest BCUT2D eigenvalue weighted by molar-refractivity contribution is 6.07. The van der Waals surface area contributed by atoms with Crippen molar-refractivity contribution >= 4 is 17.4 Å². The molecule has 0 aliphatic rings. The Balaban J connectivity index is 0.00000151. The van der Waals surface area contributed by atoms with Crippen LogP contribution in [0.2, 0.25) is 0 Å². The lowest BCUT2D eigenvalue weighted by atomic mass is 10.1. The second-order valence-electron chi connectivity index (χ2n) is 4.89. The fourth-order valence-electron chi connectivity index (χ4n) is 2.01. The minimum absolute atomic E-state index is 0.233. The fourth-order valence-corrected chi connectivity index (χ4v) is 2.01. The second-order valence-corrected chi connectivity index (χ2v) is 4.89. The summed E-state index contributed by atoms with van der Waals surface area (Å²) >= 11 is 0. The maximum absolute atomic E-state index is 12.1. The molecule has 132 valence electrons. The van der Waals surface area contributed by atoms with E-state index in [0.29, 0.717) is 5.84 Å². The highest BCUT2D eigenvalue weighted by Gasteiger charge is 2.10. The average molecular weight is 340 g/mol. The number of hydrogen-bond acceptors (Lipinski definition) is 4. The van der Waals surface area contributed by atoms with Gasteiger partial charge in [0.05, 0.1) is 5.70 Å². The molecule has 0 spiro atoms. The van der Waals surface area contributed by atoms with Gasteiger partial charge in [-0.3, -0.25) is 4.79 Å². The zero-order chi connectivity index (χ0) is 18.8.